The molecule has 114 valence electrons. The molecular formula is C19H17N3O. The van der Waals surface area contributed by atoms with Crippen LogP contribution in [0.3, 0.4) is 0 Å². The predicted molar refractivity (Wildman–Crippen MR) is 91.8 cm³/mol. The minimum atomic E-state index is 0.691. The van der Waals surface area contributed by atoms with E-state index in [1.54, 1.807) is 6.20 Å². The summed E-state index contributed by atoms with van der Waals surface area (Å²) in [5, 5.41) is 2.19. The topological polar surface area (TPSA) is 47.0 Å². The van der Waals surface area contributed by atoms with Gasteiger partial charge in [0.1, 0.15) is 5.69 Å². The third-order valence-corrected chi connectivity index (χ3v) is 3.36. The van der Waals surface area contributed by atoms with Gasteiger partial charge in [-0.3, -0.25) is 4.98 Å². The van der Waals surface area contributed by atoms with E-state index in [9.17, 15) is 0 Å². The van der Waals surface area contributed by atoms with Gasteiger partial charge < -0.3 is 4.84 Å². The Morgan fingerprint density at radius 3 is 2.78 bits per heavy atom. The monoisotopic (exact) mass is 303 g/mol. The molecule has 3 aromatic rings. The van der Waals surface area contributed by atoms with Crippen molar-refractivity contribution in [1.29, 1.82) is 0 Å². The fourth-order valence-corrected chi connectivity index (χ4v) is 2.30. The molecule has 0 unspecified atom stereocenters. The maximum Gasteiger partial charge on any atom is 0.166 e. The first-order valence-electron chi connectivity index (χ1n) is 7.48. The number of benzene rings is 1. The summed E-state index contributed by atoms with van der Waals surface area (Å²) < 4.78 is 0. The van der Waals surface area contributed by atoms with E-state index in [2.05, 4.69) is 45.5 Å². The highest BCUT2D eigenvalue weighted by Gasteiger charge is 2.04. The molecule has 0 fully saturated rings. The van der Waals surface area contributed by atoms with Crippen molar-refractivity contribution in [3.05, 3.63) is 54.6 Å². The minimum absolute atomic E-state index is 0.691. The van der Waals surface area contributed by atoms with E-state index in [1.165, 1.54) is 0 Å². The molecule has 0 aliphatic heterocycles. The molecular weight excluding hydrogens is 286 g/mol. The summed E-state index contributed by atoms with van der Waals surface area (Å²) in [4.78, 5) is 14.0. The van der Waals surface area contributed by atoms with E-state index in [-0.39, 0.29) is 0 Å². The zero-order valence-electron chi connectivity index (χ0n) is 13.1. The van der Waals surface area contributed by atoms with Gasteiger partial charge in [-0.05, 0) is 48.9 Å². The largest absolute Gasteiger partial charge is 0.407 e. The number of rotatable bonds is 4. The fraction of sp³-hybridized carbons (Fsp3) is 0.158. The van der Waals surface area contributed by atoms with Crippen LogP contribution in [0.2, 0.25) is 0 Å². The van der Waals surface area contributed by atoms with Crippen molar-refractivity contribution < 1.29 is 4.84 Å². The third kappa shape index (κ3) is 3.47. The molecule has 2 heterocycles. The Kier molecular flexibility index (Phi) is 4.51. The quantitative estimate of drug-likeness (QED) is 0.591. The molecule has 4 nitrogen and oxygen atoms in total. The maximum absolute atomic E-state index is 5.42. The standard InChI is InChI=1S/C19H17N3O/c1-3-5-18-9-16-8-14(6-7-15(16)12-21-18)17-10-19(13-20-11-17)23-22-4-2/h6-13,22H,4H2,1-2H3. The highest BCUT2D eigenvalue weighted by Crippen LogP contribution is 2.26. The summed E-state index contributed by atoms with van der Waals surface area (Å²) in [6.07, 6.45) is 5.36. The maximum atomic E-state index is 5.42. The Morgan fingerprint density at radius 1 is 1.04 bits per heavy atom. The van der Waals surface area contributed by atoms with Crippen LogP contribution in [0.1, 0.15) is 19.5 Å². The Hall–Kier alpha value is -2.90. The molecule has 0 aliphatic carbocycles. The van der Waals surface area contributed by atoms with Gasteiger partial charge in [0.25, 0.3) is 0 Å². The van der Waals surface area contributed by atoms with Crippen molar-refractivity contribution in [1.82, 2.24) is 15.4 Å². The lowest BCUT2D eigenvalue weighted by Gasteiger charge is -2.08. The number of pyridine rings is 2. The third-order valence-electron chi connectivity index (χ3n) is 3.36. The van der Waals surface area contributed by atoms with E-state index in [1.807, 2.05) is 38.4 Å². The molecule has 0 saturated carbocycles. The van der Waals surface area contributed by atoms with Crippen LogP contribution in [-0.2, 0) is 0 Å². The van der Waals surface area contributed by atoms with Gasteiger partial charge >= 0.3 is 0 Å². The summed E-state index contributed by atoms with van der Waals surface area (Å²) in [7, 11) is 0. The SMILES string of the molecule is CC#Cc1cc2cc(-c3cncc(ONCC)c3)ccc2cn1. The number of aromatic nitrogens is 2. The van der Waals surface area contributed by atoms with Crippen LogP contribution < -0.4 is 10.3 Å². The number of hydrogen-bond acceptors (Lipinski definition) is 4. The zero-order chi connectivity index (χ0) is 16.1. The molecule has 23 heavy (non-hydrogen) atoms. The van der Waals surface area contributed by atoms with Crippen LogP contribution in [0.5, 0.6) is 5.75 Å². The van der Waals surface area contributed by atoms with Gasteiger partial charge in [-0.25, -0.2) is 4.98 Å². The van der Waals surface area contributed by atoms with Gasteiger partial charge in [-0.15, -0.1) is 0 Å². The van der Waals surface area contributed by atoms with Crippen LogP contribution >= 0.6 is 0 Å². The second kappa shape index (κ2) is 6.91. The lowest BCUT2D eigenvalue weighted by Crippen LogP contribution is -2.17. The van der Waals surface area contributed by atoms with Crippen molar-refractivity contribution in [3.8, 4) is 28.7 Å². The van der Waals surface area contributed by atoms with Crippen LogP contribution in [0.4, 0.5) is 0 Å². The molecule has 0 aliphatic rings. The first-order chi connectivity index (χ1) is 11.3. The van der Waals surface area contributed by atoms with Gasteiger partial charge in [-0.2, -0.15) is 5.48 Å². The second-order valence-electron chi connectivity index (χ2n) is 5.02. The van der Waals surface area contributed by atoms with E-state index < -0.39 is 0 Å². The molecule has 0 bridgehead atoms. The van der Waals surface area contributed by atoms with Crippen LogP contribution in [0, 0.1) is 11.8 Å². The van der Waals surface area contributed by atoms with Crippen molar-refractivity contribution in [2.45, 2.75) is 13.8 Å². The number of nitrogens with one attached hydrogen (secondary N) is 1. The van der Waals surface area contributed by atoms with Gasteiger partial charge in [0.05, 0.1) is 6.20 Å². The fourth-order valence-electron chi connectivity index (χ4n) is 2.30. The van der Waals surface area contributed by atoms with Gasteiger partial charge in [-0.1, -0.05) is 18.1 Å². The lowest BCUT2D eigenvalue weighted by atomic mass is 10.0. The average Bonchev–Trinajstić information content (AvgIpc) is 2.60. The number of nitrogens with zero attached hydrogens (tertiary/aromatic N) is 2. The molecule has 0 amide bonds. The molecule has 0 spiro atoms. The van der Waals surface area contributed by atoms with Crippen molar-refractivity contribution in [2.24, 2.45) is 0 Å². The van der Waals surface area contributed by atoms with E-state index in [0.29, 0.717) is 5.75 Å². The predicted octanol–water partition coefficient (Wildman–Crippen LogP) is 3.57. The summed E-state index contributed by atoms with van der Waals surface area (Å²) in [5.74, 6) is 6.56. The molecule has 2 aromatic heterocycles. The number of hydroxylamine groups is 1. The van der Waals surface area contributed by atoms with Crippen molar-refractivity contribution in [3.63, 3.8) is 0 Å². The van der Waals surface area contributed by atoms with E-state index in [4.69, 9.17) is 4.84 Å². The molecule has 3 rings (SSSR count). The van der Waals surface area contributed by atoms with Crippen LogP contribution in [0.25, 0.3) is 21.9 Å². The normalized spacial score (nSPS) is 10.2. The van der Waals surface area contributed by atoms with E-state index >= 15 is 0 Å². The number of hydrogen-bond donors (Lipinski definition) is 1. The zero-order valence-corrected chi connectivity index (χ0v) is 13.1. The summed E-state index contributed by atoms with van der Waals surface area (Å²) in [5.41, 5.74) is 5.69. The Morgan fingerprint density at radius 2 is 1.96 bits per heavy atom. The highest BCUT2D eigenvalue weighted by atomic mass is 16.6. The Balaban J connectivity index is 2.00. The summed E-state index contributed by atoms with van der Waals surface area (Å²) in [6, 6.07) is 10.2. The molecule has 0 radical (unpaired) electrons. The molecule has 4 heteroatoms. The van der Waals surface area contributed by atoms with E-state index in [0.717, 1.165) is 34.1 Å². The van der Waals surface area contributed by atoms with Gasteiger partial charge in [0.15, 0.2) is 5.75 Å². The smallest absolute Gasteiger partial charge is 0.166 e. The molecule has 1 N–H and O–H groups in total. The Labute approximate surface area is 135 Å². The van der Waals surface area contributed by atoms with Crippen molar-refractivity contribution in [2.75, 3.05) is 6.54 Å². The molecule has 0 atom stereocenters. The average molecular weight is 303 g/mol. The Bertz CT molecular complexity index is 894. The molecule has 1 aromatic carbocycles. The minimum Gasteiger partial charge on any atom is -0.407 e. The van der Waals surface area contributed by atoms with Crippen molar-refractivity contribution >= 4 is 10.8 Å². The van der Waals surface area contributed by atoms with Crippen LogP contribution in [0.15, 0.2) is 48.9 Å². The summed E-state index contributed by atoms with van der Waals surface area (Å²) >= 11 is 0. The van der Waals surface area contributed by atoms with Gasteiger partial charge in [0, 0.05) is 29.9 Å². The highest BCUT2D eigenvalue weighted by molar-refractivity contribution is 5.87. The first-order valence-corrected chi connectivity index (χ1v) is 7.48. The second-order valence-corrected chi connectivity index (χ2v) is 5.02. The summed E-state index contributed by atoms with van der Waals surface area (Å²) in [6.45, 7) is 4.52. The number of fused-ring (bicyclic) bond motifs is 1. The molecule has 0 saturated heterocycles. The first kappa shape index (κ1) is 15.0. The van der Waals surface area contributed by atoms with Gasteiger partial charge in [0.2, 0.25) is 0 Å². The lowest BCUT2D eigenvalue weighted by molar-refractivity contribution is 0.202. The van der Waals surface area contributed by atoms with Crippen LogP contribution in [-0.4, -0.2) is 16.5 Å².